The molecule has 1 amide bonds. The van der Waals surface area contributed by atoms with E-state index < -0.39 is 0 Å². The van der Waals surface area contributed by atoms with E-state index >= 15 is 0 Å². The van der Waals surface area contributed by atoms with E-state index in [0.717, 1.165) is 13.0 Å². The molecule has 1 aliphatic rings. The van der Waals surface area contributed by atoms with E-state index in [-0.39, 0.29) is 30.1 Å². The van der Waals surface area contributed by atoms with Crippen molar-refractivity contribution in [3.63, 3.8) is 0 Å². The van der Waals surface area contributed by atoms with Gasteiger partial charge in [0.2, 0.25) is 5.76 Å². The number of hydrogen-bond acceptors (Lipinski definition) is 4. The quantitative estimate of drug-likeness (QED) is 0.910. The van der Waals surface area contributed by atoms with E-state index in [1.165, 1.54) is 11.1 Å². The number of halogens is 1. The predicted molar refractivity (Wildman–Crippen MR) is 81.7 cm³/mol. The number of benzene rings is 1. The summed E-state index contributed by atoms with van der Waals surface area (Å²) >= 11 is 0. The van der Waals surface area contributed by atoms with Gasteiger partial charge in [-0.3, -0.25) is 4.79 Å². The summed E-state index contributed by atoms with van der Waals surface area (Å²) in [5.41, 5.74) is 3.31. The van der Waals surface area contributed by atoms with Gasteiger partial charge >= 0.3 is 0 Å². The molecular weight excluding hydrogens is 290 g/mol. The third kappa shape index (κ3) is 3.43. The molecule has 5 nitrogen and oxygen atoms in total. The zero-order chi connectivity index (χ0) is 13.9. The van der Waals surface area contributed by atoms with Gasteiger partial charge in [0.1, 0.15) is 0 Å². The number of hydrogen-bond donors (Lipinski definition) is 2. The van der Waals surface area contributed by atoms with E-state index in [2.05, 4.69) is 34.0 Å². The highest BCUT2D eigenvalue weighted by Crippen LogP contribution is 2.21. The van der Waals surface area contributed by atoms with E-state index in [9.17, 15) is 4.79 Å². The van der Waals surface area contributed by atoms with Gasteiger partial charge in [-0.05, 0) is 31.0 Å². The van der Waals surface area contributed by atoms with Crippen LogP contribution in [0.3, 0.4) is 0 Å². The molecule has 1 aliphatic heterocycles. The number of rotatable bonds is 3. The van der Waals surface area contributed by atoms with Crippen LogP contribution in [0.1, 0.15) is 33.4 Å². The predicted octanol–water partition coefficient (Wildman–Crippen LogP) is 2.02. The normalized spacial score (nSPS) is 16.7. The van der Waals surface area contributed by atoms with Crippen molar-refractivity contribution >= 4 is 18.3 Å². The Hall–Kier alpha value is -1.85. The SMILES string of the molecule is Cc1cc(C(=O)NCC2NCCc3ccccc32)on1.Cl. The van der Waals surface area contributed by atoms with Crippen molar-refractivity contribution in [1.82, 2.24) is 15.8 Å². The van der Waals surface area contributed by atoms with E-state index in [4.69, 9.17) is 4.52 Å². The molecule has 0 saturated carbocycles. The van der Waals surface area contributed by atoms with Crippen LogP contribution in [0.5, 0.6) is 0 Å². The van der Waals surface area contributed by atoms with E-state index in [1.54, 1.807) is 13.0 Å². The van der Waals surface area contributed by atoms with Crippen molar-refractivity contribution in [2.24, 2.45) is 0 Å². The second kappa shape index (κ2) is 6.74. The van der Waals surface area contributed by atoms with Crippen LogP contribution in [0.2, 0.25) is 0 Å². The summed E-state index contributed by atoms with van der Waals surface area (Å²) in [5.74, 6) is 0.0297. The van der Waals surface area contributed by atoms with Crippen molar-refractivity contribution in [1.29, 1.82) is 0 Å². The molecule has 3 rings (SSSR count). The number of carbonyl (C=O) groups is 1. The second-order valence-corrected chi connectivity index (χ2v) is 5.00. The van der Waals surface area contributed by atoms with Gasteiger partial charge in [-0.25, -0.2) is 0 Å². The Bertz CT molecular complexity index is 627. The minimum atomic E-state index is -0.226. The fraction of sp³-hybridized carbons (Fsp3) is 0.333. The molecule has 0 aliphatic carbocycles. The number of carbonyl (C=O) groups excluding carboxylic acids is 1. The van der Waals surface area contributed by atoms with Crippen LogP contribution in [0.4, 0.5) is 0 Å². The number of aromatic nitrogens is 1. The number of fused-ring (bicyclic) bond motifs is 1. The molecule has 0 radical (unpaired) electrons. The van der Waals surface area contributed by atoms with Crippen LogP contribution >= 0.6 is 12.4 Å². The molecule has 2 aromatic rings. The second-order valence-electron chi connectivity index (χ2n) is 5.00. The van der Waals surface area contributed by atoms with Crippen LogP contribution < -0.4 is 10.6 Å². The van der Waals surface area contributed by atoms with Crippen LogP contribution in [-0.4, -0.2) is 24.2 Å². The van der Waals surface area contributed by atoms with E-state index in [0.29, 0.717) is 12.2 Å². The van der Waals surface area contributed by atoms with Gasteiger partial charge < -0.3 is 15.2 Å². The molecule has 2 N–H and O–H groups in total. The van der Waals surface area contributed by atoms with Gasteiger partial charge in [-0.2, -0.15) is 0 Å². The average molecular weight is 308 g/mol. The van der Waals surface area contributed by atoms with Crippen LogP contribution in [0, 0.1) is 6.92 Å². The first kappa shape index (κ1) is 15.5. The molecule has 1 atom stereocenters. The Labute approximate surface area is 129 Å². The lowest BCUT2D eigenvalue weighted by Gasteiger charge is -2.26. The standard InChI is InChI=1S/C15H17N3O2.ClH/c1-10-8-14(20-18-10)15(19)17-9-13-12-5-3-2-4-11(12)6-7-16-13;/h2-5,8,13,16H,6-7,9H2,1H3,(H,17,19);1H. The van der Waals surface area contributed by atoms with Crippen LogP contribution in [0.15, 0.2) is 34.9 Å². The molecule has 0 spiro atoms. The van der Waals surface area contributed by atoms with E-state index in [1.807, 2.05) is 6.07 Å². The Balaban J connectivity index is 0.00000161. The first-order valence-corrected chi connectivity index (χ1v) is 6.77. The maximum absolute atomic E-state index is 11.9. The van der Waals surface area contributed by atoms with Crippen molar-refractivity contribution in [2.45, 2.75) is 19.4 Å². The smallest absolute Gasteiger partial charge is 0.289 e. The lowest BCUT2D eigenvalue weighted by molar-refractivity contribution is 0.0912. The van der Waals surface area contributed by atoms with Gasteiger partial charge in [0.25, 0.3) is 5.91 Å². The minimum absolute atomic E-state index is 0. The van der Waals surface area contributed by atoms with Crippen molar-refractivity contribution < 1.29 is 9.32 Å². The lowest BCUT2D eigenvalue weighted by Crippen LogP contribution is -2.38. The molecule has 112 valence electrons. The largest absolute Gasteiger partial charge is 0.351 e. The molecule has 0 saturated heterocycles. The summed E-state index contributed by atoms with van der Waals surface area (Å²) in [7, 11) is 0. The third-order valence-corrected chi connectivity index (χ3v) is 3.53. The maximum atomic E-state index is 11.9. The van der Waals surface area contributed by atoms with Crippen molar-refractivity contribution in [2.75, 3.05) is 13.1 Å². The highest BCUT2D eigenvalue weighted by molar-refractivity contribution is 5.91. The average Bonchev–Trinajstić information content (AvgIpc) is 2.91. The van der Waals surface area contributed by atoms with Gasteiger partial charge in [0.15, 0.2) is 0 Å². The lowest BCUT2D eigenvalue weighted by atomic mass is 9.94. The summed E-state index contributed by atoms with van der Waals surface area (Å²) in [6.07, 6.45) is 1.03. The van der Waals surface area contributed by atoms with Gasteiger partial charge in [-0.15, -0.1) is 12.4 Å². The summed E-state index contributed by atoms with van der Waals surface area (Å²) < 4.78 is 4.95. The first-order valence-electron chi connectivity index (χ1n) is 6.77. The molecular formula is C15H18ClN3O2. The molecule has 0 fully saturated rings. The summed E-state index contributed by atoms with van der Waals surface area (Å²) in [4.78, 5) is 11.9. The van der Waals surface area contributed by atoms with Gasteiger partial charge in [0, 0.05) is 18.7 Å². The van der Waals surface area contributed by atoms with Gasteiger partial charge in [0.05, 0.1) is 5.69 Å². The Kier molecular flexibility index (Phi) is 4.98. The molecule has 0 bridgehead atoms. The minimum Gasteiger partial charge on any atom is -0.351 e. The highest BCUT2D eigenvalue weighted by Gasteiger charge is 2.20. The zero-order valence-electron chi connectivity index (χ0n) is 11.8. The maximum Gasteiger partial charge on any atom is 0.289 e. The molecule has 1 aromatic heterocycles. The zero-order valence-corrected chi connectivity index (χ0v) is 12.6. The monoisotopic (exact) mass is 307 g/mol. The Morgan fingerprint density at radius 2 is 2.29 bits per heavy atom. The van der Waals surface area contributed by atoms with Crippen LogP contribution in [-0.2, 0) is 6.42 Å². The molecule has 6 heteroatoms. The molecule has 1 unspecified atom stereocenters. The summed E-state index contributed by atoms with van der Waals surface area (Å²) in [6, 6.07) is 10.1. The topological polar surface area (TPSA) is 67.2 Å². The number of aryl methyl sites for hydroxylation is 1. The highest BCUT2D eigenvalue weighted by atomic mass is 35.5. The third-order valence-electron chi connectivity index (χ3n) is 3.53. The summed E-state index contributed by atoms with van der Waals surface area (Å²) in [6.45, 7) is 3.26. The fourth-order valence-electron chi connectivity index (χ4n) is 2.53. The summed E-state index contributed by atoms with van der Waals surface area (Å²) in [5, 5.41) is 10.0. The van der Waals surface area contributed by atoms with Crippen LogP contribution in [0.25, 0.3) is 0 Å². The van der Waals surface area contributed by atoms with Crippen molar-refractivity contribution in [3.05, 3.63) is 52.9 Å². The molecule has 2 heterocycles. The van der Waals surface area contributed by atoms with Crippen molar-refractivity contribution in [3.8, 4) is 0 Å². The molecule has 21 heavy (non-hydrogen) atoms. The molecule has 1 aromatic carbocycles. The van der Waals surface area contributed by atoms with Gasteiger partial charge in [-0.1, -0.05) is 29.4 Å². The number of nitrogens with zero attached hydrogens (tertiary/aromatic N) is 1. The number of amides is 1. The Morgan fingerprint density at radius 3 is 3.05 bits per heavy atom. The fourth-order valence-corrected chi connectivity index (χ4v) is 2.53. The number of nitrogens with one attached hydrogen (secondary N) is 2. The first-order chi connectivity index (χ1) is 9.74. The Morgan fingerprint density at radius 1 is 1.48 bits per heavy atom.